The molecule has 0 aliphatic heterocycles. The first-order valence-electron chi connectivity index (χ1n) is 5.10. The zero-order valence-electron chi connectivity index (χ0n) is 9.59. The molecule has 0 aliphatic rings. The standard InChI is InChI=1S/C10H14F4N2S/c1-6-8(7(2)17-15-6)3-16(4-9(11)12)5-10(13)14/h9-10H,3-5H2,1-2H3. The monoisotopic (exact) mass is 270 g/mol. The molecule has 0 N–H and O–H groups in total. The van der Waals surface area contributed by atoms with Crippen molar-refractivity contribution < 1.29 is 17.6 Å². The highest BCUT2D eigenvalue weighted by atomic mass is 32.1. The molecule has 1 heterocycles. The topological polar surface area (TPSA) is 16.1 Å². The molecule has 0 bridgehead atoms. The van der Waals surface area contributed by atoms with Gasteiger partial charge in [-0.1, -0.05) is 0 Å². The third-order valence-electron chi connectivity index (χ3n) is 2.36. The molecule has 0 aliphatic carbocycles. The minimum Gasteiger partial charge on any atom is -0.288 e. The molecular weight excluding hydrogens is 256 g/mol. The van der Waals surface area contributed by atoms with Crippen LogP contribution in [0.15, 0.2) is 0 Å². The van der Waals surface area contributed by atoms with Crippen molar-refractivity contribution in [3.8, 4) is 0 Å². The average Bonchev–Trinajstić information content (AvgIpc) is 2.47. The lowest BCUT2D eigenvalue weighted by Crippen LogP contribution is -2.33. The number of alkyl halides is 4. The fourth-order valence-corrected chi connectivity index (χ4v) is 2.25. The Morgan fingerprint density at radius 1 is 1.12 bits per heavy atom. The van der Waals surface area contributed by atoms with E-state index in [1.807, 2.05) is 6.92 Å². The van der Waals surface area contributed by atoms with Crippen molar-refractivity contribution in [2.24, 2.45) is 0 Å². The van der Waals surface area contributed by atoms with E-state index in [0.29, 0.717) is 0 Å². The van der Waals surface area contributed by atoms with Crippen LogP contribution in [0.2, 0.25) is 0 Å². The van der Waals surface area contributed by atoms with Crippen molar-refractivity contribution >= 4 is 11.5 Å². The van der Waals surface area contributed by atoms with E-state index in [4.69, 9.17) is 0 Å². The Bertz CT molecular complexity index is 325. The summed E-state index contributed by atoms with van der Waals surface area (Å²) in [4.78, 5) is 1.95. The molecule has 0 fully saturated rings. The summed E-state index contributed by atoms with van der Waals surface area (Å²) in [6, 6.07) is 0. The number of halogens is 4. The molecule has 0 atom stereocenters. The summed E-state index contributed by atoms with van der Waals surface area (Å²) in [5, 5.41) is 0. The Morgan fingerprint density at radius 2 is 1.65 bits per heavy atom. The van der Waals surface area contributed by atoms with Gasteiger partial charge in [-0.25, -0.2) is 17.6 Å². The molecule has 0 aromatic carbocycles. The summed E-state index contributed by atoms with van der Waals surface area (Å²) in [6.07, 6.45) is -5.22. The Morgan fingerprint density at radius 3 is 2.00 bits per heavy atom. The summed E-state index contributed by atoms with van der Waals surface area (Å²) in [6.45, 7) is 2.38. The normalized spacial score (nSPS) is 12.1. The maximum Gasteiger partial charge on any atom is 0.251 e. The van der Waals surface area contributed by atoms with E-state index in [2.05, 4.69) is 4.37 Å². The van der Waals surface area contributed by atoms with Gasteiger partial charge in [-0.2, -0.15) is 4.37 Å². The summed E-state index contributed by atoms with van der Waals surface area (Å²) in [5.74, 6) is 0. The molecule has 2 nitrogen and oxygen atoms in total. The van der Waals surface area contributed by atoms with Crippen LogP contribution < -0.4 is 0 Å². The van der Waals surface area contributed by atoms with Crippen LogP contribution in [0, 0.1) is 13.8 Å². The lowest BCUT2D eigenvalue weighted by atomic mass is 10.2. The molecule has 7 heteroatoms. The van der Waals surface area contributed by atoms with E-state index in [-0.39, 0.29) is 6.54 Å². The van der Waals surface area contributed by atoms with E-state index in [1.165, 1.54) is 11.5 Å². The van der Waals surface area contributed by atoms with Crippen molar-refractivity contribution in [1.82, 2.24) is 9.27 Å². The number of hydrogen-bond donors (Lipinski definition) is 0. The third kappa shape index (κ3) is 4.59. The van der Waals surface area contributed by atoms with E-state index in [9.17, 15) is 17.6 Å². The van der Waals surface area contributed by atoms with Gasteiger partial charge in [-0.05, 0) is 25.4 Å². The van der Waals surface area contributed by atoms with Crippen LogP contribution in [0.1, 0.15) is 16.1 Å². The quantitative estimate of drug-likeness (QED) is 0.738. The minimum absolute atomic E-state index is 0.100. The van der Waals surface area contributed by atoms with Gasteiger partial charge < -0.3 is 0 Å². The maximum atomic E-state index is 12.3. The van der Waals surface area contributed by atoms with Crippen LogP contribution in [0.25, 0.3) is 0 Å². The van der Waals surface area contributed by atoms with Gasteiger partial charge in [-0.15, -0.1) is 0 Å². The first kappa shape index (κ1) is 14.4. The number of hydrogen-bond acceptors (Lipinski definition) is 3. The molecule has 0 spiro atoms. The Labute approximate surface area is 101 Å². The van der Waals surface area contributed by atoms with Crippen molar-refractivity contribution in [2.45, 2.75) is 33.2 Å². The second kappa shape index (κ2) is 6.30. The molecule has 0 saturated heterocycles. The van der Waals surface area contributed by atoms with Gasteiger partial charge in [0.05, 0.1) is 18.8 Å². The fourth-order valence-electron chi connectivity index (χ4n) is 1.55. The molecule has 0 radical (unpaired) electrons. The van der Waals surface area contributed by atoms with Crippen LogP contribution in [0.5, 0.6) is 0 Å². The summed E-state index contributed by atoms with van der Waals surface area (Å²) >= 11 is 1.26. The van der Waals surface area contributed by atoms with Gasteiger partial charge in [0.1, 0.15) is 0 Å². The van der Waals surface area contributed by atoms with Gasteiger partial charge in [-0.3, -0.25) is 4.90 Å². The second-order valence-corrected chi connectivity index (χ2v) is 4.76. The summed E-state index contributed by atoms with van der Waals surface area (Å²) < 4.78 is 53.1. The van der Waals surface area contributed by atoms with E-state index < -0.39 is 25.9 Å². The fraction of sp³-hybridized carbons (Fsp3) is 0.700. The lowest BCUT2D eigenvalue weighted by molar-refractivity contribution is 0.0390. The minimum atomic E-state index is -2.61. The molecule has 1 aromatic heterocycles. The van der Waals surface area contributed by atoms with Crippen LogP contribution >= 0.6 is 11.5 Å². The number of rotatable bonds is 6. The predicted molar refractivity (Wildman–Crippen MR) is 58.9 cm³/mol. The average molecular weight is 270 g/mol. The zero-order chi connectivity index (χ0) is 13.0. The molecule has 98 valence electrons. The van der Waals surface area contributed by atoms with Crippen LogP contribution in [-0.4, -0.2) is 35.2 Å². The van der Waals surface area contributed by atoms with Gasteiger partial charge in [0.15, 0.2) is 0 Å². The zero-order valence-corrected chi connectivity index (χ0v) is 10.4. The number of aromatic nitrogens is 1. The number of aryl methyl sites for hydroxylation is 2. The van der Waals surface area contributed by atoms with E-state index in [1.54, 1.807) is 6.92 Å². The first-order valence-corrected chi connectivity index (χ1v) is 5.88. The highest BCUT2D eigenvalue weighted by Crippen LogP contribution is 2.20. The molecular formula is C10H14F4N2S. The van der Waals surface area contributed by atoms with Crippen LogP contribution in [0.4, 0.5) is 17.6 Å². The van der Waals surface area contributed by atoms with Gasteiger partial charge in [0.2, 0.25) is 0 Å². The van der Waals surface area contributed by atoms with Crippen LogP contribution in [0.3, 0.4) is 0 Å². The maximum absolute atomic E-state index is 12.3. The first-order chi connectivity index (χ1) is 7.90. The molecule has 0 amide bonds. The van der Waals surface area contributed by atoms with Crippen molar-refractivity contribution in [3.63, 3.8) is 0 Å². The highest BCUT2D eigenvalue weighted by Gasteiger charge is 2.19. The van der Waals surface area contributed by atoms with Gasteiger partial charge in [0.25, 0.3) is 12.9 Å². The van der Waals surface area contributed by atoms with Crippen molar-refractivity contribution in [3.05, 3.63) is 16.1 Å². The third-order valence-corrected chi connectivity index (χ3v) is 3.24. The predicted octanol–water partition coefficient (Wildman–Crippen LogP) is 3.09. The summed E-state index contributed by atoms with van der Waals surface area (Å²) in [7, 11) is 0. The van der Waals surface area contributed by atoms with Crippen LogP contribution in [-0.2, 0) is 6.54 Å². The van der Waals surface area contributed by atoms with Crippen molar-refractivity contribution in [1.29, 1.82) is 0 Å². The highest BCUT2D eigenvalue weighted by molar-refractivity contribution is 7.05. The largest absolute Gasteiger partial charge is 0.288 e. The van der Waals surface area contributed by atoms with Gasteiger partial charge in [0, 0.05) is 17.0 Å². The Kier molecular flexibility index (Phi) is 5.32. The van der Waals surface area contributed by atoms with Crippen molar-refractivity contribution in [2.75, 3.05) is 13.1 Å². The molecule has 17 heavy (non-hydrogen) atoms. The molecule has 0 saturated carbocycles. The van der Waals surface area contributed by atoms with Gasteiger partial charge >= 0.3 is 0 Å². The number of nitrogens with zero attached hydrogens (tertiary/aromatic N) is 2. The molecule has 0 unspecified atom stereocenters. The SMILES string of the molecule is Cc1nsc(C)c1CN(CC(F)F)CC(F)F. The molecule has 1 aromatic rings. The van der Waals surface area contributed by atoms with E-state index in [0.717, 1.165) is 21.0 Å². The Balaban J connectivity index is 2.71. The summed E-state index contributed by atoms with van der Waals surface area (Å²) in [5.41, 5.74) is 1.50. The second-order valence-electron chi connectivity index (χ2n) is 3.78. The lowest BCUT2D eigenvalue weighted by Gasteiger charge is -2.21. The van der Waals surface area contributed by atoms with E-state index >= 15 is 0 Å². The smallest absolute Gasteiger partial charge is 0.251 e. The molecule has 1 rings (SSSR count). The Hall–Kier alpha value is -0.690.